The zero-order valence-corrected chi connectivity index (χ0v) is 16.7. The molecule has 0 aromatic rings. The topological polar surface area (TPSA) is 75.2 Å². The van der Waals surface area contributed by atoms with Crippen LogP contribution in [0, 0.1) is 5.92 Å². The van der Waals surface area contributed by atoms with Crippen LogP contribution < -0.4 is 10.6 Å². The molecular formula is C18H36N4O3. The number of rotatable bonds is 7. The van der Waals surface area contributed by atoms with Gasteiger partial charge in [-0.25, -0.2) is 4.79 Å². The molecule has 2 atom stereocenters. The molecule has 25 heavy (non-hydrogen) atoms. The van der Waals surface area contributed by atoms with Gasteiger partial charge in [0.15, 0.2) is 5.96 Å². The molecule has 0 radical (unpaired) electrons. The van der Waals surface area contributed by atoms with Gasteiger partial charge in [-0.05, 0) is 46.5 Å². The second-order valence-electron chi connectivity index (χ2n) is 7.70. The van der Waals surface area contributed by atoms with Gasteiger partial charge in [0, 0.05) is 39.8 Å². The lowest BCUT2D eigenvalue weighted by Gasteiger charge is -2.26. The quantitative estimate of drug-likeness (QED) is 0.540. The molecule has 1 fully saturated rings. The number of hydrogen-bond acceptors (Lipinski definition) is 4. The lowest BCUT2D eigenvalue weighted by Crippen LogP contribution is -2.41. The highest BCUT2D eigenvalue weighted by atomic mass is 16.6. The third-order valence-electron chi connectivity index (χ3n) is 3.72. The van der Waals surface area contributed by atoms with Crippen LogP contribution >= 0.6 is 0 Å². The molecular weight excluding hydrogens is 320 g/mol. The summed E-state index contributed by atoms with van der Waals surface area (Å²) in [5.41, 5.74) is -0.475. The number of amides is 1. The summed E-state index contributed by atoms with van der Waals surface area (Å²) < 4.78 is 11.0. The average Bonchev–Trinajstić information content (AvgIpc) is 3.01. The van der Waals surface area contributed by atoms with E-state index in [2.05, 4.69) is 22.5 Å². The molecule has 2 unspecified atom stereocenters. The fourth-order valence-corrected chi connectivity index (χ4v) is 2.54. The molecule has 0 saturated carbocycles. The Morgan fingerprint density at radius 2 is 2.12 bits per heavy atom. The summed E-state index contributed by atoms with van der Waals surface area (Å²) in [6, 6.07) is 0. The van der Waals surface area contributed by atoms with Crippen molar-refractivity contribution in [3.8, 4) is 0 Å². The monoisotopic (exact) mass is 356 g/mol. The summed E-state index contributed by atoms with van der Waals surface area (Å²) in [6.45, 7) is 13.4. The Labute approximate surface area is 152 Å². The van der Waals surface area contributed by atoms with E-state index in [9.17, 15) is 4.79 Å². The highest BCUT2D eigenvalue weighted by Crippen LogP contribution is 2.11. The minimum atomic E-state index is -0.475. The van der Waals surface area contributed by atoms with Crippen LogP contribution in [-0.2, 0) is 9.47 Å². The number of nitrogens with one attached hydrogen (secondary N) is 2. The second kappa shape index (κ2) is 10.5. The van der Waals surface area contributed by atoms with Crippen LogP contribution in [0.3, 0.4) is 0 Å². The fraction of sp³-hybridized carbons (Fsp3) is 0.889. The van der Waals surface area contributed by atoms with Gasteiger partial charge in [0.2, 0.25) is 0 Å². The molecule has 1 amide bonds. The van der Waals surface area contributed by atoms with Crippen molar-refractivity contribution < 1.29 is 14.3 Å². The first kappa shape index (κ1) is 21.5. The van der Waals surface area contributed by atoms with E-state index in [4.69, 9.17) is 9.47 Å². The summed E-state index contributed by atoms with van der Waals surface area (Å²) in [4.78, 5) is 18.2. The molecule has 0 spiro atoms. The van der Waals surface area contributed by atoms with Crippen LogP contribution in [0.4, 0.5) is 4.79 Å². The molecule has 1 rings (SSSR count). The maximum absolute atomic E-state index is 12.0. The number of nitrogens with zero attached hydrogens (tertiary/aromatic N) is 2. The minimum Gasteiger partial charge on any atom is -0.444 e. The zero-order valence-electron chi connectivity index (χ0n) is 16.7. The number of ether oxygens (including phenoxy) is 2. The van der Waals surface area contributed by atoms with Gasteiger partial charge in [-0.1, -0.05) is 6.92 Å². The van der Waals surface area contributed by atoms with Gasteiger partial charge in [-0.3, -0.25) is 4.99 Å². The molecule has 0 bridgehead atoms. The van der Waals surface area contributed by atoms with Crippen LogP contribution in [0.2, 0.25) is 0 Å². The highest BCUT2D eigenvalue weighted by molar-refractivity contribution is 5.79. The summed E-state index contributed by atoms with van der Waals surface area (Å²) in [6.07, 6.45) is 2.21. The van der Waals surface area contributed by atoms with Crippen molar-refractivity contribution in [3.63, 3.8) is 0 Å². The third kappa shape index (κ3) is 9.53. The van der Waals surface area contributed by atoms with Crippen molar-refractivity contribution in [2.75, 3.05) is 39.8 Å². The normalized spacial score (nSPS) is 19.4. The van der Waals surface area contributed by atoms with E-state index in [1.54, 1.807) is 11.9 Å². The van der Waals surface area contributed by atoms with Crippen LogP contribution in [0.5, 0.6) is 0 Å². The molecule has 7 nitrogen and oxygen atoms in total. The van der Waals surface area contributed by atoms with Gasteiger partial charge in [0.05, 0.1) is 6.10 Å². The summed E-state index contributed by atoms with van der Waals surface area (Å²) in [7, 11) is 1.76. The molecule has 1 aliphatic rings. The van der Waals surface area contributed by atoms with E-state index in [0.717, 1.165) is 38.5 Å². The van der Waals surface area contributed by atoms with E-state index in [-0.39, 0.29) is 18.1 Å². The zero-order chi connectivity index (χ0) is 18.9. The van der Waals surface area contributed by atoms with Gasteiger partial charge in [0.1, 0.15) is 5.60 Å². The molecule has 1 heterocycles. The van der Waals surface area contributed by atoms with Crippen LogP contribution in [0.1, 0.15) is 47.5 Å². The van der Waals surface area contributed by atoms with E-state index in [1.807, 2.05) is 27.7 Å². The van der Waals surface area contributed by atoms with E-state index in [0.29, 0.717) is 13.1 Å². The standard InChI is InChI=1S/C18H36N4O3/c1-7-19-16(21-12-15-9-8-10-24-15)20-11-14(2)13-22(6)17(23)25-18(3,4)5/h14-15H,7-13H2,1-6H3,(H2,19,20,21). The molecule has 1 saturated heterocycles. The third-order valence-corrected chi connectivity index (χ3v) is 3.72. The Bertz CT molecular complexity index is 429. The molecule has 7 heteroatoms. The summed E-state index contributed by atoms with van der Waals surface area (Å²) in [5.74, 6) is 1.03. The van der Waals surface area contributed by atoms with Crippen molar-refractivity contribution in [2.24, 2.45) is 10.9 Å². The molecule has 146 valence electrons. The lowest BCUT2D eigenvalue weighted by atomic mass is 10.2. The van der Waals surface area contributed by atoms with Crippen molar-refractivity contribution >= 4 is 12.1 Å². The fourth-order valence-electron chi connectivity index (χ4n) is 2.54. The maximum Gasteiger partial charge on any atom is 0.410 e. The Kier molecular flexibility index (Phi) is 9.03. The molecule has 0 aliphatic carbocycles. The van der Waals surface area contributed by atoms with E-state index in [1.165, 1.54) is 0 Å². The van der Waals surface area contributed by atoms with E-state index >= 15 is 0 Å². The van der Waals surface area contributed by atoms with Crippen LogP contribution in [0.15, 0.2) is 4.99 Å². The Morgan fingerprint density at radius 3 is 2.68 bits per heavy atom. The summed E-state index contributed by atoms with van der Waals surface area (Å²) in [5, 5.41) is 6.58. The highest BCUT2D eigenvalue weighted by Gasteiger charge is 2.21. The molecule has 2 N–H and O–H groups in total. The molecule has 0 aromatic heterocycles. The predicted octanol–water partition coefficient (Wildman–Crippen LogP) is 2.22. The Morgan fingerprint density at radius 1 is 1.40 bits per heavy atom. The first-order valence-electron chi connectivity index (χ1n) is 9.29. The Balaban J connectivity index is 2.41. The van der Waals surface area contributed by atoms with Gasteiger partial charge in [-0.15, -0.1) is 0 Å². The van der Waals surface area contributed by atoms with Crippen molar-refractivity contribution in [1.29, 1.82) is 0 Å². The van der Waals surface area contributed by atoms with E-state index < -0.39 is 5.60 Å². The number of aliphatic imine (C=N–C) groups is 1. The minimum absolute atomic E-state index is 0.232. The average molecular weight is 357 g/mol. The molecule has 1 aliphatic heterocycles. The predicted molar refractivity (Wildman–Crippen MR) is 101 cm³/mol. The largest absolute Gasteiger partial charge is 0.444 e. The number of carbonyl (C=O) groups excluding carboxylic acids is 1. The van der Waals surface area contributed by atoms with Crippen LogP contribution in [0.25, 0.3) is 0 Å². The van der Waals surface area contributed by atoms with Crippen molar-refractivity contribution in [1.82, 2.24) is 15.5 Å². The first-order chi connectivity index (χ1) is 11.7. The summed E-state index contributed by atoms with van der Waals surface area (Å²) >= 11 is 0. The van der Waals surface area contributed by atoms with Crippen molar-refractivity contribution in [3.05, 3.63) is 0 Å². The smallest absolute Gasteiger partial charge is 0.410 e. The molecule has 0 aromatic carbocycles. The number of guanidine groups is 1. The van der Waals surface area contributed by atoms with Crippen molar-refractivity contribution in [2.45, 2.75) is 59.2 Å². The van der Waals surface area contributed by atoms with Gasteiger partial charge >= 0.3 is 6.09 Å². The van der Waals surface area contributed by atoms with Gasteiger partial charge < -0.3 is 25.0 Å². The van der Waals surface area contributed by atoms with Gasteiger partial charge in [0.25, 0.3) is 0 Å². The first-order valence-corrected chi connectivity index (χ1v) is 9.29. The Hall–Kier alpha value is -1.50. The lowest BCUT2D eigenvalue weighted by molar-refractivity contribution is 0.0279. The second-order valence-corrected chi connectivity index (χ2v) is 7.70. The van der Waals surface area contributed by atoms with Crippen LogP contribution in [-0.4, -0.2) is 68.5 Å². The van der Waals surface area contributed by atoms with Gasteiger partial charge in [-0.2, -0.15) is 0 Å². The SMILES string of the molecule is CCNC(=NCC(C)CN(C)C(=O)OC(C)(C)C)NCC1CCCO1. The number of carbonyl (C=O) groups is 1. The number of hydrogen-bond donors (Lipinski definition) is 2. The maximum atomic E-state index is 12.0.